The van der Waals surface area contributed by atoms with Gasteiger partial charge < -0.3 is 74.0 Å². The molecule has 0 amide bonds. The Morgan fingerprint density at radius 1 is 0.705 bits per heavy atom. The van der Waals surface area contributed by atoms with Gasteiger partial charge in [-0.3, -0.25) is 5.32 Å². The molecule has 5 heterocycles. The summed E-state index contributed by atoms with van der Waals surface area (Å²) in [7, 11) is 0. The lowest BCUT2D eigenvalue weighted by Crippen LogP contribution is -2.66. The summed E-state index contributed by atoms with van der Waals surface area (Å²) in [6, 6.07) is 0. The number of allylic oxidation sites excluding steroid dienone is 1. The van der Waals surface area contributed by atoms with Crippen LogP contribution in [0.15, 0.2) is 11.6 Å². The molecule has 61 heavy (non-hydrogen) atoms. The van der Waals surface area contributed by atoms with Gasteiger partial charge in [-0.2, -0.15) is 0 Å². The van der Waals surface area contributed by atoms with E-state index in [1.54, 1.807) is 0 Å². The molecule has 5 aliphatic heterocycles. The third kappa shape index (κ3) is 7.42. The van der Waals surface area contributed by atoms with E-state index in [-0.39, 0.29) is 22.7 Å². The van der Waals surface area contributed by atoms with Crippen molar-refractivity contribution in [3.05, 3.63) is 11.6 Å². The van der Waals surface area contributed by atoms with Crippen LogP contribution in [0.25, 0.3) is 0 Å². The molecule has 16 nitrogen and oxygen atoms in total. The number of aliphatic hydroxyl groups excluding tert-OH is 8. The van der Waals surface area contributed by atoms with Crippen LogP contribution >= 0.6 is 0 Å². The number of hydrogen-bond donors (Lipinski definition) is 9. The van der Waals surface area contributed by atoms with Crippen molar-refractivity contribution in [3.63, 3.8) is 0 Å². The number of fused-ring (bicyclic) bond motifs is 7. The quantitative estimate of drug-likeness (QED) is 0.161. The highest BCUT2D eigenvalue weighted by Crippen LogP contribution is 2.70. The number of rotatable bonds is 7. The first-order valence-corrected chi connectivity index (χ1v) is 23.3. The highest BCUT2D eigenvalue weighted by molar-refractivity contribution is 5.26. The van der Waals surface area contributed by atoms with Crippen molar-refractivity contribution >= 4 is 0 Å². The lowest BCUT2D eigenvalue weighted by Gasteiger charge is -2.59. The number of ether oxygens (including phenoxy) is 7. The normalized spacial score (nSPS) is 58.4. The van der Waals surface area contributed by atoms with E-state index in [1.165, 1.54) is 38.7 Å². The summed E-state index contributed by atoms with van der Waals surface area (Å²) in [5.41, 5.74) is 1.41. The summed E-state index contributed by atoms with van der Waals surface area (Å²) in [6.07, 6.45) is -9.93. The summed E-state index contributed by atoms with van der Waals surface area (Å²) >= 11 is 0. The molecular formula is C45H73NO15. The number of nitrogens with one attached hydrogen (secondary N) is 1. The van der Waals surface area contributed by atoms with Crippen molar-refractivity contribution in [3.8, 4) is 0 Å². The Bertz CT molecular complexity index is 1600. The average Bonchev–Trinajstić information content (AvgIpc) is 3.69. The lowest BCUT2D eigenvalue weighted by molar-refractivity contribution is -0.388. The van der Waals surface area contributed by atoms with Crippen molar-refractivity contribution < 1.29 is 74.0 Å². The molecule has 16 heteroatoms. The maximum Gasteiger partial charge on any atom is 0.187 e. The second-order valence-corrected chi connectivity index (χ2v) is 21.2. The molecule has 0 unspecified atom stereocenters. The predicted molar refractivity (Wildman–Crippen MR) is 215 cm³/mol. The van der Waals surface area contributed by atoms with Crippen molar-refractivity contribution in [1.82, 2.24) is 5.32 Å². The number of piperidine rings is 1. The minimum Gasteiger partial charge on any atom is -0.394 e. The van der Waals surface area contributed by atoms with Crippen molar-refractivity contribution in [2.45, 2.75) is 209 Å². The molecule has 0 bridgehead atoms. The van der Waals surface area contributed by atoms with E-state index in [9.17, 15) is 40.9 Å². The molecule has 9 N–H and O–H groups in total. The zero-order valence-electron chi connectivity index (χ0n) is 36.6. The van der Waals surface area contributed by atoms with Crippen LogP contribution in [-0.4, -0.2) is 164 Å². The summed E-state index contributed by atoms with van der Waals surface area (Å²) in [4.78, 5) is 0. The Morgan fingerprint density at radius 3 is 1.98 bits per heavy atom. The van der Waals surface area contributed by atoms with Gasteiger partial charge in [0.25, 0.3) is 0 Å². The molecule has 0 aromatic heterocycles. The van der Waals surface area contributed by atoms with E-state index in [0.29, 0.717) is 54.5 Å². The van der Waals surface area contributed by atoms with E-state index < -0.39 is 98.7 Å². The molecule has 26 atom stereocenters. The molecule has 3 saturated carbocycles. The van der Waals surface area contributed by atoms with Gasteiger partial charge >= 0.3 is 0 Å². The molecule has 0 aromatic rings. The van der Waals surface area contributed by atoms with Crippen LogP contribution < -0.4 is 5.32 Å². The Morgan fingerprint density at radius 2 is 1.36 bits per heavy atom. The largest absolute Gasteiger partial charge is 0.394 e. The average molecular weight is 868 g/mol. The van der Waals surface area contributed by atoms with Crippen LogP contribution in [0.3, 0.4) is 0 Å². The zero-order chi connectivity index (χ0) is 43.5. The molecule has 4 aliphatic carbocycles. The van der Waals surface area contributed by atoms with Crippen LogP contribution in [0.4, 0.5) is 0 Å². The molecule has 5 saturated heterocycles. The zero-order valence-corrected chi connectivity index (χ0v) is 36.6. The fraction of sp³-hybridized carbons (Fsp3) is 0.956. The minimum atomic E-state index is -1.70. The van der Waals surface area contributed by atoms with Crippen molar-refractivity contribution in [2.75, 3.05) is 13.2 Å². The highest BCUT2D eigenvalue weighted by atomic mass is 16.8. The molecule has 0 aromatic carbocycles. The van der Waals surface area contributed by atoms with Crippen LogP contribution in [0.2, 0.25) is 0 Å². The van der Waals surface area contributed by atoms with E-state index in [0.717, 1.165) is 32.2 Å². The van der Waals surface area contributed by atoms with E-state index in [1.807, 2.05) is 0 Å². The first-order chi connectivity index (χ1) is 28.9. The topological polar surface area (TPSA) is 238 Å². The van der Waals surface area contributed by atoms with Crippen molar-refractivity contribution in [1.29, 1.82) is 0 Å². The molecule has 8 fully saturated rings. The molecule has 9 aliphatic rings. The van der Waals surface area contributed by atoms with Crippen LogP contribution in [0, 0.1) is 46.3 Å². The van der Waals surface area contributed by atoms with E-state index in [2.05, 4.69) is 39.1 Å². The first kappa shape index (κ1) is 45.3. The maximum atomic E-state index is 12.0. The van der Waals surface area contributed by atoms with Gasteiger partial charge in [0.15, 0.2) is 18.9 Å². The molecular weight excluding hydrogens is 794 g/mol. The number of hydrogen-bond acceptors (Lipinski definition) is 16. The van der Waals surface area contributed by atoms with Crippen LogP contribution in [-0.2, 0) is 33.2 Å². The van der Waals surface area contributed by atoms with Crippen LogP contribution in [0.5, 0.6) is 0 Å². The summed E-state index contributed by atoms with van der Waals surface area (Å²) in [6.45, 7) is 13.2. The van der Waals surface area contributed by atoms with E-state index >= 15 is 0 Å². The minimum absolute atomic E-state index is 0.00472. The van der Waals surface area contributed by atoms with Gasteiger partial charge in [0, 0.05) is 12.5 Å². The van der Waals surface area contributed by atoms with Gasteiger partial charge in [-0.1, -0.05) is 39.3 Å². The highest BCUT2D eigenvalue weighted by Gasteiger charge is 2.68. The maximum absolute atomic E-state index is 12.0. The Balaban J connectivity index is 0.916. The fourth-order valence-corrected chi connectivity index (χ4v) is 14.2. The second kappa shape index (κ2) is 16.8. The van der Waals surface area contributed by atoms with Gasteiger partial charge in [0.1, 0.15) is 66.8 Å². The van der Waals surface area contributed by atoms with Gasteiger partial charge in [-0.25, -0.2) is 0 Å². The van der Waals surface area contributed by atoms with Crippen molar-refractivity contribution in [2.24, 2.45) is 46.3 Å². The molecule has 0 radical (unpaired) electrons. The second-order valence-electron chi connectivity index (χ2n) is 21.2. The predicted octanol–water partition coefficient (Wildman–Crippen LogP) is 0.815. The van der Waals surface area contributed by atoms with Gasteiger partial charge in [0.2, 0.25) is 0 Å². The summed E-state index contributed by atoms with van der Waals surface area (Å²) in [5.74, 6) is 3.43. The monoisotopic (exact) mass is 867 g/mol. The third-order valence-electron chi connectivity index (χ3n) is 17.9. The summed E-state index contributed by atoms with van der Waals surface area (Å²) in [5, 5.41) is 89.8. The first-order valence-electron chi connectivity index (χ1n) is 23.3. The third-order valence-corrected chi connectivity index (χ3v) is 17.9. The standard InChI is InChI=1S/C45H73NO15/c1-19-9-14-45(46-17-19)20(2)30-28(61-45)16-27-25-8-7-23-15-24(10-12-43(23,5)26(25)11-13-44(27,30)6)57-42-39(60-41-36(53)34(51)32(49)22(4)56-41)37(54)38(29(18-47)58-42)59-40-35(52)33(50)31(48)21(3)55-40/h7,19-22,24-42,46-54H,8-18H2,1-6H3/t19-,20+,21+,22+,24+,25-,26+,27-,28+,29-,30-,31+,32+,33-,34-,35-,36-,37+,38-,39-,40+,41+,42-,43+,44+,45-/m1/s1. The lowest BCUT2D eigenvalue weighted by atomic mass is 9.47. The molecule has 9 rings (SSSR count). The number of aliphatic hydroxyl groups is 8. The summed E-state index contributed by atoms with van der Waals surface area (Å²) < 4.78 is 43.7. The van der Waals surface area contributed by atoms with Gasteiger partial charge in [-0.05, 0) is 112 Å². The Labute approximate surface area is 359 Å². The Kier molecular flexibility index (Phi) is 12.4. The SMILES string of the molecule is C[C@@H]1CC[C@@]2(NC1)O[C@H]1C[C@@H]3[C@@H]4CC=C5C[C@@H](O[C@@H]6O[C@H](CO)[C@@H](O[C@@H]7O[C@@H](C)[C@H](O)[C@@H](O)[C@H]7O)[C@H](O)[C@H]6O[C@@H]6O[C@@H](C)[C@H](O)[C@@H](O)[C@H]6O)CC[C@]5(C)[C@H]4CC[C@]3(C)[C@@H]1[C@@H]2C. The van der Waals surface area contributed by atoms with Gasteiger partial charge in [-0.15, -0.1) is 0 Å². The molecule has 348 valence electrons. The van der Waals surface area contributed by atoms with Gasteiger partial charge in [0.05, 0.1) is 31.0 Å². The smallest absolute Gasteiger partial charge is 0.187 e. The Hall–Kier alpha value is -0.900. The molecule has 1 spiro atoms. The van der Waals surface area contributed by atoms with E-state index in [4.69, 9.17) is 33.2 Å². The van der Waals surface area contributed by atoms with Crippen LogP contribution in [0.1, 0.15) is 99.3 Å². The fourth-order valence-electron chi connectivity index (χ4n) is 14.2.